The Morgan fingerprint density at radius 2 is 1.09 bits per heavy atom. The lowest BCUT2D eigenvalue weighted by molar-refractivity contribution is -0.115. The standard InChI is InChI=1S/C24H30N4O4S2/c1-31-27-21(17-19-9-5-3-6-10-19)23(29)25-13-15-33-34-16-14-26-24(30)22(28-32-2)18-20-11-7-4-8-12-20/h3-12H,13-18H2,1-2H3,(H,25,29)(H,26,30)/b27-21+,28-22+. The van der Waals surface area contributed by atoms with Gasteiger partial charge in [-0.15, -0.1) is 0 Å². The zero-order valence-electron chi connectivity index (χ0n) is 19.4. The van der Waals surface area contributed by atoms with Gasteiger partial charge >= 0.3 is 0 Å². The highest BCUT2D eigenvalue weighted by Gasteiger charge is 2.14. The van der Waals surface area contributed by atoms with Crippen LogP contribution in [0.1, 0.15) is 11.1 Å². The van der Waals surface area contributed by atoms with Crippen LogP contribution in [0.5, 0.6) is 0 Å². The van der Waals surface area contributed by atoms with Crippen molar-refractivity contribution in [2.24, 2.45) is 10.3 Å². The molecule has 0 heterocycles. The van der Waals surface area contributed by atoms with Crippen molar-refractivity contribution >= 4 is 44.8 Å². The first-order chi connectivity index (χ1) is 16.6. The minimum atomic E-state index is -0.244. The minimum absolute atomic E-state index is 0.244. The smallest absolute Gasteiger partial charge is 0.269 e. The van der Waals surface area contributed by atoms with Gasteiger partial charge in [0.1, 0.15) is 25.6 Å². The van der Waals surface area contributed by atoms with Crippen LogP contribution in [-0.4, -0.2) is 62.1 Å². The molecule has 0 unspecified atom stereocenters. The lowest BCUT2D eigenvalue weighted by atomic mass is 10.1. The van der Waals surface area contributed by atoms with Crippen molar-refractivity contribution in [3.63, 3.8) is 0 Å². The molecule has 0 atom stereocenters. The molecule has 0 spiro atoms. The summed E-state index contributed by atoms with van der Waals surface area (Å²) < 4.78 is 0. The summed E-state index contributed by atoms with van der Waals surface area (Å²) in [6.07, 6.45) is 0.807. The van der Waals surface area contributed by atoms with E-state index in [1.54, 1.807) is 21.6 Å². The van der Waals surface area contributed by atoms with E-state index in [4.69, 9.17) is 9.68 Å². The molecule has 0 aliphatic rings. The van der Waals surface area contributed by atoms with E-state index in [0.717, 1.165) is 22.6 Å². The number of amides is 2. The van der Waals surface area contributed by atoms with Crippen molar-refractivity contribution in [1.29, 1.82) is 0 Å². The second-order valence-electron chi connectivity index (χ2n) is 6.92. The zero-order chi connectivity index (χ0) is 24.4. The van der Waals surface area contributed by atoms with E-state index in [1.807, 2.05) is 60.7 Å². The Bertz CT molecular complexity index is 863. The highest BCUT2D eigenvalue weighted by molar-refractivity contribution is 8.76. The number of benzene rings is 2. The molecule has 2 aromatic rings. The molecule has 2 N–H and O–H groups in total. The summed E-state index contributed by atoms with van der Waals surface area (Å²) in [6.45, 7) is 1.00. The molecule has 0 radical (unpaired) electrons. The molecule has 10 heteroatoms. The Balaban J connectivity index is 1.61. The van der Waals surface area contributed by atoms with Crippen molar-refractivity contribution in [3.8, 4) is 0 Å². The monoisotopic (exact) mass is 502 g/mol. The fraction of sp³-hybridized carbons (Fsp3) is 0.333. The summed E-state index contributed by atoms with van der Waals surface area (Å²) in [7, 11) is 6.10. The van der Waals surface area contributed by atoms with E-state index in [9.17, 15) is 9.59 Å². The van der Waals surface area contributed by atoms with Crippen molar-refractivity contribution in [2.75, 3.05) is 38.8 Å². The van der Waals surface area contributed by atoms with Crippen LogP contribution < -0.4 is 10.6 Å². The summed E-state index contributed by atoms with van der Waals surface area (Å²) in [5, 5.41) is 13.5. The van der Waals surface area contributed by atoms with Gasteiger partial charge in [-0.25, -0.2) is 0 Å². The van der Waals surface area contributed by atoms with E-state index in [1.165, 1.54) is 14.2 Å². The van der Waals surface area contributed by atoms with E-state index in [-0.39, 0.29) is 11.8 Å². The van der Waals surface area contributed by atoms with Gasteiger partial charge < -0.3 is 20.3 Å². The first-order valence-corrected chi connectivity index (χ1v) is 13.2. The molecule has 0 aliphatic heterocycles. The van der Waals surface area contributed by atoms with Crippen molar-refractivity contribution in [3.05, 3.63) is 71.8 Å². The van der Waals surface area contributed by atoms with Crippen molar-refractivity contribution in [2.45, 2.75) is 12.8 Å². The fourth-order valence-corrected chi connectivity index (χ4v) is 4.65. The number of nitrogens with one attached hydrogen (secondary N) is 2. The summed E-state index contributed by atoms with van der Waals surface area (Å²) >= 11 is 0. The van der Waals surface area contributed by atoms with Crippen LogP contribution in [0.15, 0.2) is 71.0 Å². The van der Waals surface area contributed by atoms with Crippen molar-refractivity contribution < 1.29 is 19.3 Å². The second kappa shape index (κ2) is 16.6. The number of carbonyl (C=O) groups excluding carboxylic acids is 2. The van der Waals surface area contributed by atoms with Crippen LogP contribution in [-0.2, 0) is 32.1 Å². The highest BCUT2D eigenvalue weighted by atomic mass is 33.1. The summed E-state index contributed by atoms with van der Waals surface area (Å²) in [5.74, 6) is 0.958. The Morgan fingerprint density at radius 1 is 0.706 bits per heavy atom. The minimum Gasteiger partial charge on any atom is -0.399 e. The summed E-state index contributed by atoms with van der Waals surface area (Å²) in [4.78, 5) is 34.4. The molecular formula is C24H30N4O4S2. The molecule has 0 saturated heterocycles. The number of nitrogens with zero attached hydrogens (tertiary/aromatic N) is 2. The molecule has 8 nitrogen and oxygen atoms in total. The third kappa shape index (κ3) is 10.8. The van der Waals surface area contributed by atoms with Gasteiger partial charge in [-0.05, 0) is 11.1 Å². The van der Waals surface area contributed by atoms with E-state index < -0.39 is 0 Å². The molecule has 0 aliphatic carbocycles. The Kier molecular flexibility index (Phi) is 13.3. The lowest BCUT2D eigenvalue weighted by Gasteiger charge is -2.09. The largest absolute Gasteiger partial charge is 0.399 e. The van der Waals surface area contributed by atoms with Crippen LogP contribution in [0, 0.1) is 0 Å². The molecule has 0 fully saturated rings. The quantitative estimate of drug-likeness (QED) is 0.168. The van der Waals surface area contributed by atoms with Gasteiger partial charge in [-0.1, -0.05) is 92.6 Å². The number of hydrogen-bond acceptors (Lipinski definition) is 8. The van der Waals surface area contributed by atoms with Gasteiger partial charge in [-0.3, -0.25) is 9.59 Å². The molecule has 34 heavy (non-hydrogen) atoms. The topological polar surface area (TPSA) is 101 Å². The van der Waals surface area contributed by atoms with Gasteiger partial charge in [0.2, 0.25) is 0 Å². The maximum atomic E-state index is 12.4. The number of rotatable bonds is 15. The average molecular weight is 503 g/mol. The Morgan fingerprint density at radius 3 is 1.44 bits per heavy atom. The van der Waals surface area contributed by atoms with Gasteiger partial charge in [-0.2, -0.15) is 0 Å². The van der Waals surface area contributed by atoms with Crippen molar-refractivity contribution in [1.82, 2.24) is 10.6 Å². The normalized spacial score (nSPS) is 11.6. The van der Waals surface area contributed by atoms with Gasteiger partial charge in [0.25, 0.3) is 11.8 Å². The second-order valence-corrected chi connectivity index (χ2v) is 9.62. The van der Waals surface area contributed by atoms with Gasteiger partial charge in [0.05, 0.1) is 0 Å². The summed E-state index contributed by atoms with van der Waals surface area (Å²) in [6, 6.07) is 19.3. The van der Waals surface area contributed by atoms with Gasteiger partial charge in [0, 0.05) is 37.4 Å². The number of hydrogen-bond donors (Lipinski definition) is 2. The molecule has 0 saturated carbocycles. The average Bonchev–Trinajstić information content (AvgIpc) is 2.86. The first kappa shape index (κ1) is 27.3. The predicted octanol–water partition coefficient (Wildman–Crippen LogP) is 3.09. The van der Waals surface area contributed by atoms with Crippen LogP contribution in [0.25, 0.3) is 0 Å². The maximum absolute atomic E-state index is 12.4. The summed E-state index contributed by atoms with van der Waals surface area (Å²) in [5.41, 5.74) is 2.64. The molecular weight excluding hydrogens is 472 g/mol. The molecule has 2 aromatic carbocycles. The molecule has 182 valence electrons. The SMILES string of the molecule is CO/N=C(\Cc1ccccc1)C(=O)NCCSSCCNC(=O)/C(Cc1ccccc1)=N/OC. The molecule has 2 amide bonds. The predicted molar refractivity (Wildman–Crippen MR) is 140 cm³/mol. The number of carbonyl (C=O) groups is 2. The Labute approximate surface area is 208 Å². The van der Waals surface area contributed by atoms with E-state index in [0.29, 0.717) is 37.4 Å². The third-order valence-electron chi connectivity index (χ3n) is 4.38. The lowest BCUT2D eigenvalue weighted by Crippen LogP contribution is -2.34. The van der Waals surface area contributed by atoms with Crippen LogP contribution >= 0.6 is 21.6 Å². The van der Waals surface area contributed by atoms with Crippen LogP contribution in [0.2, 0.25) is 0 Å². The first-order valence-electron chi connectivity index (χ1n) is 10.7. The molecule has 2 rings (SSSR count). The zero-order valence-corrected chi connectivity index (χ0v) is 21.0. The molecule has 0 aromatic heterocycles. The third-order valence-corrected chi connectivity index (χ3v) is 6.79. The van der Waals surface area contributed by atoms with Crippen LogP contribution in [0.4, 0.5) is 0 Å². The molecule has 0 bridgehead atoms. The van der Waals surface area contributed by atoms with Crippen LogP contribution in [0.3, 0.4) is 0 Å². The van der Waals surface area contributed by atoms with Gasteiger partial charge in [0.15, 0.2) is 0 Å². The number of oxime groups is 2. The maximum Gasteiger partial charge on any atom is 0.269 e. The highest BCUT2D eigenvalue weighted by Crippen LogP contribution is 2.19. The Hall–Kier alpha value is -2.98. The fourth-order valence-electron chi connectivity index (χ4n) is 2.84. The van der Waals surface area contributed by atoms with E-state index >= 15 is 0 Å². The van der Waals surface area contributed by atoms with E-state index in [2.05, 4.69) is 20.9 Å².